The molecule has 0 aliphatic carbocycles. The highest BCUT2D eigenvalue weighted by Gasteiger charge is 2.01. The monoisotopic (exact) mass is 172 g/mol. The van der Waals surface area contributed by atoms with Gasteiger partial charge in [0.15, 0.2) is 0 Å². The van der Waals surface area contributed by atoms with Crippen LogP contribution in [0.1, 0.15) is 59.3 Å². The summed E-state index contributed by atoms with van der Waals surface area (Å²) in [6, 6.07) is 0. The van der Waals surface area contributed by atoms with Crippen LogP contribution in [0.2, 0.25) is 0 Å². The second-order valence-electron chi connectivity index (χ2n) is 4.03. The molecule has 0 unspecified atom stereocenters. The highest BCUT2D eigenvalue weighted by atomic mass is 16.3. The van der Waals surface area contributed by atoms with Gasteiger partial charge in [-0.2, -0.15) is 0 Å². The van der Waals surface area contributed by atoms with Crippen molar-refractivity contribution in [2.45, 2.75) is 65.4 Å². The first-order valence-corrected chi connectivity index (χ1v) is 5.34. The summed E-state index contributed by atoms with van der Waals surface area (Å²) in [6.07, 6.45) is 7.33. The van der Waals surface area contributed by atoms with E-state index in [1.807, 2.05) is 6.92 Å². The molecule has 0 aliphatic heterocycles. The number of aliphatic hydroxyl groups excluding tert-OH is 1. The molecule has 0 bridgehead atoms. The van der Waals surface area contributed by atoms with E-state index in [-0.39, 0.29) is 6.10 Å². The van der Waals surface area contributed by atoms with E-state index >= 15 is 0 Å². The molecular formula is C11H24O. The van der Waals surface area contributed by atoms with Crippen molar-refractivity contribution in [2.75, 3.05) is 0 Å². The Morgan fingerprint density at radius 3 is 2.08 bits per heavy atom. The van der Waals surface area contributed by atoms with Crippen molar-refractivity contribution >= 4 is 0 Å². The Hall–Kier alpha value is -0.0400. The van der Waals surface area contributed by atoms with Crippen molar-refractivity contribution in [3.63, 3.8) is 0 Å². The van der Waals surface area contributed by atoms with E-state index in [2.05, 4.69) is 13.8 Å². The SMILES string of the molecule is CCC[C@@H](C)CCCC[C@H](C)O. The maximum absolute atomic E-state index is 9.02. The summed E-state index contributed by atoms with van der Waals surface area (Å²) in [4.78, 5) is 0. The summed E-state index contributed by atoms with van der Waals surface area (Å²) in [5.41, 5.74) is 0. The maximum Gasteiger partial charge on any atom is 0.0512 e. The van der Waals surface area contributed by atoms with E-state index in [1.165, 1.54) is 32.1 Å². The molecule has 1 heteroatoms. The average Bonchev–Trinajstić information content (AvgIpc) is 1.98. The summed E-state index contributed by atoms with van der Waals surface area (Å²) in [5, 5.41) is 9.02. The first kappa shape index (κ1) is 12.0. The first-order chi connectivity index (χ1) is 5.66. The fourth-order valence-corrected chi connectivity index (χ4v) is 1.57. The number of unbranched alkanes of at least 4 members (excludes halogenated alkanes) is 1. The van der Waals surface area contributed by atoms with Crippen molar-refractivity contribution in [2.24, 2.45) is 5.92 Å². The minimum Gasteiger partial charge on any atom is -0.393 e. The molecule has 0 aromatic heterocycles. The lowest BCUT2D eigenvalue weighted by Crippen LogP contribution is -2.00. The molecule has 0 radical (unpaired) electrons. The minimum atomic E-state index is -0.105. The van der Waals surface area contributed by atoms with Gasteiger partial charge in [0.2, 0.25) is 0 Å². The van der Waals surface area contributed by atoms with Gasteiger partial charge in [0, 0.05) is 0 Å². The third-order valence-electron chi connectivity index (χ3n) is 2.35. The van der Waals surface area contributed by atoms with E-state index in [0.29, 0.717) is 0 Å². The number of hydrogen-bond donors (Lipinski definition) is 1. The Morgan fingerprint density at radius 2 is 1.58 bits per heavy atom. The second kappa shape index (κ2) is 7.60. The van der Waals surface area contributed by atoms with E-state index in [9.17, 15) is 0 Å². The van der Waals surface area contributed by atoms with Crippen LogP contribution >= 0.6 is 0 Å². The topological polar surface area (TPSA) is 20.2 Å². The molecule has 0 amide bonds. The summed E-state index contributed by atoms with van der Waals surface area (Å²) < 4.78 is 0. The van der Waals surface area contributed by atoms with E-state index < -0.39 is 0 Å². The molecule has 0 aromatic carbocycles. The van der Waals surface area contributed by atoms with Crippen molar-refractivity contribution in [3.05, 3.63) is 0 Å². The molecule has 2 atom stereocenters. The van der Waals surface area contributed by atoms with Gasteiger partial charge in [-0.15, -0.1) is 0 Å². The Morgan fingerprint density at radius 1 is 1.00 bits per heavy atom. The van der Waals surface area contributed by atoms with Crippen LogP contribution in [0.3, 0.4) is 0 Å². The number of aliphatic hydroxyl groups is 1. The van der Waals surface area contributed by atoms with Gasteiger partial charge < -0.3 is 5.11 Å². The molecule has 0 fully saturated rings. The molecular weight excluding hydrogens is 148 g/mol. The third-order valence-corrected chi connectivity index (χ3v) is 2.35. The largest absolute Gasteiger partial charge is 0.393 e. The van der Waals surface area contributed by atoms with Crippen LogP contribution in [0.25, 0.3) is 0 Å². The first-order valence-electron chi connectivity index (χ1n) is 5.34. The van der Waals surface area contributed by atoms with E-state index in [1.54, 1.807) is 0 Å². The lowest BCUT2D eigenvalue weighted by atomic mass is 9.98. The fraction of sp³-hybridized carbons (Fsp3) is 1.00. The van der Waals surface area contributed by atoms with Crippen LogP contribution in [0.4, 0.5) is 0 Å². The van der Waals surface area contributed by atoms with Crippen LogP contribution < -0.4 is 0 Å². The van der Waals surface area contributed by atoms with Gasteiger partial charge in [0.25, 0.3) is 0 Å². The Kier molecular flexibility index (Phi) is 7.58. The van der Waals surface area contributed by atoms with Gasteiger partial charge in [-0.1, -0.05) is 46.0 Å². The van der Waals surface area contributed by atoms with Gasteiger partial charge in [-0.25, -0.2) is 0 Å². The van der Waals surface area contributed by atoms with Crippen molar-refractivity contribution in [3.8, 4) is 0 Å². The fourth-order valence-electron chi connectivity index (χ4n) is 1.57. The van der Waals surface area contributed by atoms with Crippen molar-refractivity contribution in [1.29, 1.82) is 0 Å². The predicted octanol–water partition coefficient (Wildman–Crippen LogP) is 3.36. The molecule has 0 saturated carbocycles. The maximum atomic E-state index is 9.02. The van der Waals surface area contributed by atoms with Crippen LogP contribution in [-0.2, 0) is 0 Å². The molecule has 1 nitrogen and oxygen atoms in total. The van der Waals surface area contributed by atoms with Gasteiger partial charge >= 0.3 is 0 Å². The zero-order chi connectivity index (χ0) is 9.40. The van der Waals surface area contributed by atoms with Crippen LogP contribution in [0.5, 0.6) is 0 Å². The van der Waals surface area contributed by atoms with Crippen molar-refractivity contribution < 1.29 is 5.11 Å². The zero-order valence-corrected chi connectivity index (χ0v) is 8.84. The minimum absolute atomic E-state index is 0.105. The molecule has 0 spiro atoms. The smallest absolute Gasteiger partial charge is 0.0512 e. The Bertz CT molecular complexity index is 89.0. The molecule has 0 saturated heterocycles. The van der Waals surface area contributed by atoms with Gasteiger partial charge in [0.05, 0.1) is 6.10 Å². The second-order valence-corrected chi connectivity index (χ2v) is 4.03. The standard InChI is InChI=1S/C11H24O/c1-4-7-10(2)8-5-6-9-11(3)12/h10-12H,4-9H2,1-3H3/t10-,11+/m1/s1. The zero-order valence-electron chi connectivity index (χ0n) is 8.84. The average molecular weight is 172 g/mol. The van der Waals surface area contributed by atoms with E-state index in [4.69, 9.17) is 5.11 Å². The lowest BCUT2D eigenvalue weighted by molar-refractivity contribution is 0.179. The van der Waals surface area contributed by atoms with Gasteiger partial charge in [-0.05, 0) is 19.3 Å². The summed E-state index contributed by atoms with van der Waals surface area (Å²) >= 11 is 0. The Labute approximate surface area is 77.2 Å². The van der Waals surface area contributed by atoms with Crippen LogP contribution in [-0.4, -0.2) is 11.2 Å². The summed E-state index contributed by atoms with van der Waals surface area (Å²) in [6.45, 7) is 6.44. The summed E-state index contributed by atoms with van der Waals surface area (Å²) in [5.74, 6) is 0.879. The van der Waals surface area contributed by atoms with Crippen LogP contribution in [0, 0.1) is 5.92 Å². The summed E-state index contributed by atoms with van der Waals surface area (Å²) in [7, 11) is 0. The highest BCUT2D eigenvalue weighted by molar-refractivity contribution is 4.54. The number of hydrogen-bond acceptors (Lipinski definition) is 1. The Balaban J connectivity index is 3.08. The van der Waals surface area contributed by atoms with Gasteiger partial charge in [0.1, 0.15) is 0 Å². The van der Waals surface area contributed by atoms with Gasteiger partial charge in [-0.3, -0.25) is 0 Å². The lowest BCUT2D eigenvalue weighted by Gasteiger charge is -2.09. The van der Waals surface area contributed by atoms with Crippen molar-refractivity contribution in [1.82, 2.24) is 0 Å². The molecule has 0 aliphatic rings. The van der Waals surface area contributed by atoms with Crippen LogP contribution in [0.15, 0.2) is 0 Å². The quantitative estimate of drug-likeness (QED) is 0.584. The molecule has 0 heterocycles. The highest BCUT2D eigenvalue weighted by Crippen LogP contribution is 2.14. The molecule has 12 heavy (non-hydrogen) atoms. The predicted molar refractivity (Wildman–Crippen MR) is 54.2 cm³/mol. The molecule has 74 valence electrons. The molecule has 1 N–H and O–H groups in total. The third kappa shape index (κ3) is 8.06. The molecule has 0 aromatic rings. The molecule has 0 rings (SSSR count). The van der Waals surface area contributed by atoms with E-state index in [0.717, 1.165) is 12.3 Å². The normalized spacial score (nSPS) is 16.0. The number of rotatable bonds is 7.